The summed E-state index contributed by atoms with van der Waals surface area (Å²) in [6, 6.07) is 3.78. The van der Waals surface area contributed by atoms with E-state index < -0.39 is 22.3 Å². The second-order valence-corrected chi connectivity index (χ2v) is 5.91. The van der Waals surface area contributed by atoms with Crippen molar-refractivity contribution < 1.29 is 24.4 Å². The zero-order chi connectivity index (χ0) is 17.9. The van der Waals surface area contributed by atoms with Crippen LogP contribution >= 0.6 is 0 Å². The molecule has 1 fully saturated rings. The predicted octanol–water partition coefficient (Wildman–Crippen LogP) is 2.46. The highest BCUT2D eigenvalue weighted by Crippen LogP contribution is 2.35. The van der Waals surface area contributed by atoms with E-state index in [1.807, 2.05) is 0 Å². The number of nitrogens with zero attached hydrogens (tertiary/aromatic N) is 2. The van der Waals surface area contributed by atoms with Gasteiger partial charge >= 0.3 is 11.7 Å². The minimum atomic E-state index is -1.23. The summed E-state index contributed by atoms with van der Waals surface area (Å²) in [6.45, 7) is 0. The van der Waals surface area contributed by atoms with Gasteiger partial charge in [0, 0.05) is 24.7 Å². The Morgan fingerprint density at radius 2 is 1.92 bits per heavy atom. The van der Waals surface area contributed by atoms with E-state index in [1.54, 1.807) is 0 Å². The van der Waals surface area contributed by atoms with Crippen molar-refractivity contribution in [2.45, 2.75) is 37.6 Å². The molecule has 2 rings (SSSR count). The van der Waals surface area contributed by atoms with Crippen LogP contribution in [0, 0.1) is 10.1 Å². The summed E-state index contributed by atoms with van der Waals surface area (Å²) < 4.78 is 4.97. The number of rotatable bonds is 5. The fraction of sp³-hybridized carbons (Fsp3) is 0.500. The Bertz CT molecular complexity index is 667. The molecular formula is C16H20N2O6. The SMILES string of the molecule is COc1cc(C(=O)N(C)C2(C(=O)O)CCCCC2)ccc1[N+](=O)[O-]. The fourth-order valence-corrected chi connectivity index (χ4v) is 3.18. The van der Waals surface area contributed by atoms with Gasteiger partial charge in [-0.15, -0.1) is 0 Å². The van der Waals surface area contributed by atoms with Crippen LogP contribution in [0.3, 0.4) is 0 Å². The van der Waals surface area contributed by atoms with Crippen LogP contribution < -0.4 is 4.74 Å². The number of hydrogen-bond donors (Lipinski definition) is 1. The molecule has 24 heavy (non-hydrogen) atoms. The summed E-state index contributed by atoms with van der Waals surface area (Å²) in [5.41, 5.74) is -1.32. The second-order valence-electron chi connectivity index (χ2n) is 5.91. The Balaban J connectivity index is 2.36. The van der Waals surface area contributed by atoms with Crippen LogP contribution in [0.5, 0.6) is 5.75 Å². The van der Waals surface area contributed by atoms with Crippen LogP contribution in [0.25, 0.3) is 0 Å². The number of hydrogen-bond acceptors (Lipinski definition) is 5. The lowest BCUT2D eigenvalue weighted by Gasteiger charge is -2.41. The van der Waals surface area contributed by atoms with Gasteiger partial charge in [0.25, 0.3) is 5.91 Å². The molecule has 1 saturated carbocycles. The number of carbonyl (C=O) groups excluding carboxylic acids is 1. The molecule has 8 heteroatoms. The minimum absolute atomic E-state index is 0.0349. The summed E-state index contributed by atoms with van der Waals surface area (Å²) in [7, 11) is 2.75. The molecule has 1 amide bonds. The van der Waals surface area contributed by atoms with E-state index >= 15 is 0 Å². The number of amides is 1. The average Bonchev–Trinajstić information content (AvgIpc) is 2.60. The van der Waals surface area contributed by atoms with E-state index in [9.17, 15) is 24.8 Å². The van der Waals surface area contributed by atoms with Gasteiger partial charge in [0.15, 0.2) is 5.75 Å². The lowest BCUT2D eigenvalue weighted by molar-refractivity contribution is -0.385. The standard InChI is InChI=1S/C16H20N2O6/c1-17(16(15(20)21)8-4-3-5-9-16)14(19)11-6-7-12(18(22)23)13(10-11)24-2/h6-7,10H,3-5,8-9H2,1-2H3,(H,20,21). The summed E-state index contributed by atoms with van der Waals surface area (Å²) >= 11 is 0. The third kappa shape index (κ3) is 3.04. The number of likely N-dealkylation sites (N-methyl/N-ethyl adjacent to an activating group) is 1. The van der Waals surface area contributed by atoms with Crippen LogP contribution in [0.4, 0.5) is 5.69 Å². The normalized spacial score (nSPS) is 16.2. The quantitative estimate of drug-likeness (QED) is 0.653. The highest BCUT2D eigenvalue weighted by Gasteiger charge is 2.45. The molecule has 0 saturated heterocycles. The lowest BCUT2D eigenvalue weighted by Crippen LogP contribution is -2.56. The Labute approximate surface area is 139 Å². The summed E-state index contributed by atoms with van der Waals surface area (Å²) in [5.74, 6) is -1.55. The van der Waals surface area contributed by atoms with Crippen molar-refractivity contribution in [1.82, 2.24) is 4.90 Å². The summed E-state index contributed by atoms with van der Waals surface area (Å²) in [4.78, 5) is 36.1. The van der Waals surface area contributed by atoms with E-state index in [4.69, 9.17) is 4.74 Å². The molecule has 0 heterocycles. The number of nitro benzene ring substituents is 1. The van der Waals surface area contributed by atoms with Crippen molar-refractivity contribution in [3.8, 4) is 5.75 Å². The van der Waals surface area contributed by atoms with Crippen molar-refractivity contribution in [1.29, 1.82) is 0 Å². The van der Waals surface area contributed by atoms with Crippen molar-refractivity contribution in [3.63, 3.8) is 0 Å². The molecule has 0 unspecified atom stereocenters. The van der Waals surface area contributed by atoms with Crippen molar-refractivity contribution in [2.75, 3.05) is 14.2 Å². The van der Waals surface area contributed by atoms with Gasteiger partial charge in [0.05, 0.1) is 12.0 Å². The van der Waals surface area contributed by atoms with Crippen molar-refractivity contribution in [3.05, 3.63) is 33.9 Å². The van der Waals surface area contributed by atoms with Crippen molar-refractivity contribution >= 4 is 17.6 Å². The molecule has 1 aliphatic rings. The van der Waals surface area contributed by atoms with Gasteiger partial charge in [0.2, 0.25) is 0 Å². The third-order valence-electron chi connectivity index (χ3n) is 4.65. The number of ether oxygens (including phenoxy) is 1. The number of carboxylic acids is 1. The van der Waals surface area contributed by atoms with Gasteiger partial charge in [-0.1, -0.05) is 19.3 Å². The molecule has 0 aliphatic heterocycles. The van der Waals surface area contributed by atoms with Crippen molar-refractivity contribution in [2.24, 2.45) is 0 Å². The molecule has 8 nitrogen and oxygen atoms in total. The summed E-state index contributed by atoms with van der Waals surface area (Å²) in [6.07, 6.45) is 3.23. The number of methoxy groups -OCH3 is 1. The van der Waals surface area contributed by atoms with Crippen LogP contribution in [-0.4, -0.2) is 46.5 Å². The molecule has 1 aliphatic carbocycles. The highest BCUT2D eigenvalue weighted by atomic mass is 16.6. The van der Waals surface area contributed by atoms with Crippen LogP contribution in [0.2, 0.25) is 0 Å². The Morgan fingerprint density at radius 1 is 1.29 bits per heavy atom. The zero-order valence-electron chi connectivity index (χ0n) is 13.7. The molecule has 1 N–H and O–H groups in total. The largest absolute Gasteiger partial charge is 0.490 e. The van der Waals surface area contributed by atoms with E-state index in [1.165, 1.54) is 37.3 Å². The lowest BCUT2D eigenvalue weighted by atomic mass is 9.80. The van der Waals surface area contributed by atoms with Gasteiger partial charge in [-0.25, -0.2) is 4.79 Å². The number of benzene rings is 1. The number of nitro groups is 1. The van der Waals surface area contributed by atoms with Crippen LogP contribution in [-0.2, 0) is 4.79 Å². The number of carbonyl (C=O) groups is 2. The summed E-state index contributed by atoms with van der Waals surface area (Å²) in [5, 5.41) is 20.6. The Hall–Kier alpha value is -2.64. The molecule has 0 atom stereocenters. The maximum Gasteiger partial charge on any atom is 0.329 e. The first kappa shape index (κ1) is 17.7. The molecule has 0 bridgehead atoms. The third-order valence-corrected chi connectivity index (χ3v) is 4.65. The van der Waals surface area contributed by atoms with E-state index in [0.29, 0.717) is 12.8 Å². The van der Waals surface area contributed by atoms with Gasteiger partial charge in [0.1, 0.15) is 5.54 Å². The molecule has 1 aromatic rings. The maximum atomic E-state index is 12.7. The van der Waals surface area contributed by atoms with Gasteiger partial charge < -0.3 is 14.7 Å². The maximum absolute atomic E-state index is 12.7. The first-order valence-corrected chi connectivity index (χ1v) is 7.67. The van der Waals surface area contributed by atoms with Gasteiger partial charge in [-0.3, -0.25) is 14.9 Å². The predicted molar refractivity (Wildman–Crippen MR) is 85.2 cm³/mol. The molecular weight excluding hydrogens is 316 g/mol. The molecule has 0 spiro atoms. The highest BCUT2D eigenvalue weighted by molar-refractivity contribution is 5.98. The van der Waals surface area contributed by atoms with E-state index in [0.717, 1.165) is 19.3 Å². The fourth-order valence-electron chi connectivity index (χ4n) is 3.18. The molecule has 130 valence electrons. The molecule has 0 radical (unpaired) electrons. The number of aliphatic carboxylic acids is 1. The minimum Gasteiger partial charge on any atom is -0.490 e. The average molecular weight is 336 g/mol. The second kappa shape index (κ2) is 6.86. The Morgan fingerprint density at radius 3 is 2.42 bits per heavy atom. The topological polar surface area (TPSA) is 110 Å². The first-order chi connectivity index (χ1) is 11.3. The molecule has 0 aromatic heterocycles. The number of carboxylic acid groups (broad SMARTS) is 1. The van der Waals surface area contributed by atoms with Gasteiger partial charge in [-0.05, 0) is 18.9 Å². The van der Waals surface area contributed by atoms with Gasteiger partial charge in [-0.2, -0.15) is 0 Å². The van der Waals surface area contributed by atoms with E-state index in [2.05, 4.69) is 0 Å². The molecule has 1 aromatic carbocycles. The Kier molecular flexibility index (Phi) is 5.06. The first-order valence-electron chi connectivity index (χ1n) is 7.67. The monoisotopic (exact) mass is 336 g/mol. The zero-order valence-corrected chi connectivity index (χ0v) is 13.7. The smallest absolute Gasteiger partial charge is 0.329 e. The van der Waals surface area contributed by atoms with Crippen LogP contribution in [0.1, 0.15) is 42.5 Å². The van der Waals surface area contributed by atoms with Crippen LogP contribution in [0.15, 0.2) is 18.2 Å². The van der Waals surface area contributed by atoms with E-state index in [-0.39, 0.29) is 17.0 Å².